The fraction of sp³-hybridized carbons (Fsp3) is 0.250. The predicted octanol–water partition coefficient (Wildman–Crippen LogP) is 4.31. The zero-order valence-electron chi connectivity index (χ0n) is 13.5. The first-order chi connectivity index (χ1) is 10.4. The summed E-state index contributed by atoms with van der Waals surface area (Å²) in [6.07, 6.45) is 3.42. The second-order valence-electron chi connectivity index (χ2n) is 6.41. The summed E-state index contributed by atoms with van der Waals surface area (Å²) in [6, 6.07) is 18.2. The van der Waals surface area contributed by atoms with Crippen LogP contribution in [0.3, 0.4) is 0 Å². The van der Waals surface area contributed by atoms with Crippen LogP contribution in [0.5, 0.6) is 0 Å². The van der Waals surface area contributed by atoms with E-state index in [1.54, 1.807) is 6.08 Å². The van der Waals surface area contributed by atoms with Crippen molar-refractivity contribution in [2.24, 2.45) is 0 Å². The molecule has 0 atom stereocenters. The molecule has 2 rings (SSSR count). The largest absolute Gasteiger partial charge is 0.348 e. The first kappa shape index (κ1) is 16.0. The van der Waals surface area contributed by atoms with Crippen molar-refractivity contribution in [1.82, 2.24) is 5.32 Å². The summed E-state index contributed by atoms with van der Waals surface area (Å²) in [7, 11) is 0. The van der Waals surface area contributed by atoms with Crippen LogP contribution in [0.1, 0.15) is 37.5 Å². The summed E-state index contributed by atoms with van der Waals surface area (Å²) in [5, 5.41) is 2.88. The van der Waals surface area contributed by atoms with Crippen molar-refractivity contribution in [3.63, 3.8) is 0 Å². The van der Waals surface area contributed by atoms with E-state index < -0.39 is 0 Å². The van der Waals surface area contributed by atoms with Gasteiger partial charge in [0.2, 0.25) is 5.91 Å². The number of hydrogen-bond donors (Lipinski definition) is 1. The van der Waals surface area contributed by atoms with E-state index >= 15 is 0 Å². The molecule has 0 spiro atoms. The van der Waals surface area contributed by atoms with Crippen LogP contribution in [0.2, 0.25) is 0 Å². The van der Waals surface area contributed by atoms with Crippen LogP contribution in [-0.2, 0) is 16.8 Å². The predicted molar refractivity (Wildman–Crippen MR) is 92.5 cm³/mol. The average molecular weight is 293 g/mol. The van der Waals surface area contributed by atoms with Crippen molar-refractivity contribution >= 4 is 12.0 Å². The van der Waals surface area contributed by atoms with Gasteiger partial charge in [-0.3, -0.25) is 4.79 Å². The summed E-state index contributed by atoms with van der Waals surface area (Å²) in [4.78, 5) is 11.8. The van der Waals surface area contributed by atoms with Crippen molar-refractivity contribution < 1.29 is 4.79 Å². The van der Waals surface area contributed by atoms with Crippen molar-refractivity contribution in [2.45, 2.75) is 32.7 Å². The minimum Gasteiger partial charge on any atom is -0.348 e. The molecule has 0 aliphatic rings. The highest BCUT2D eigenvalue weighted by molar-refractivity contribution is 5.91. The summed E-state index contributed by atoms with van der Waals surface area (Å²) >= 11 is 0. The van der Waals surface area contributed by atoms with Gasteiger partial charge in [0.05, 0.1) is 0 Å². The molecule has 2 aromatic carbocycles. The Hall–Kier alpha value is -2.35. The van der Waals surface area contributed by atoms with Gasteiger partial charge in [0, 0.05) is 12.6 Å². The van der Waals surface area contributed by atoms with Gasteiger partial charge in [0.1, 0.15) is 0 Å². The van der Waals surface area contributed by atoms with Crippen LogP contribution in [0.15, 0.2) is 60.7 Å². The minimum absolute atomic E-state index is 0.0799. The number of amides is 1. The standard InChI is InChI=1S/C20H23NO/c1-20(2,3)18-12-9-16(10-13-18)11-14-19(22)21-15-17-7-5-4-6-8-17/h4-14H,15H2,1-3H3,(H,21,22)/b14-11+. The average Bonchev–Trinajstić information content (AvgIpc) is 2.51. The molecule has 0 aliphatic carbocycles. The molecule has 1 N–H and O–H groups in total. The molecule has 0 heterocycles. The lowest BCUT2D eigenvalue weighted by atomic mass is 9.87. The van der Waals surface area contributed by atoms with Crippen molar-refractivity contribution in [1.29, 1.82) is 0 Å². The lowest BCUT2D eigenvalue weighted by Crippen LogP contribution is -2.20. The topological polar surface area (TPSA) is 29.1 Å². The van der Waals surface area contributed by atoms with Gasteiger partial charge in [-0.15, -0.1) is 0 Å². The smallest absolute Gasteiger partial charge is 0.244 e. The van der Waals surface area contributed by atoms with E-state index in [2.05, 4.69) is 38.2 Å². The molecule has 0 fully saturated rings. The van der Waals surface area contributed by atoms with E-state index in [0.717, 1.165) is 11.1 Å². The monoisotopic (exact) mass is 293 g/mol. The molecule has 2 heteroatoms. The molecule has 0 saturated carbocycles. The van der Waals surface area contributed by atoms with Crippen LogP contribution >= 0.6 is 0 Å². The van der Waals surface area contributed by atoms with Crippen LogP contribution in [0, 0.1) is 0 Å². The van der Waals surface area contributed by atoms with E-state index in [1.807, 2.05) is 48.5 Å². The highest BCUT2D eigenvalue weighted by Gasteiger charge is 2.12. The highest BCUT2D eigenvalue weighted by Crippen LogP contribution is 2.22. The van der Waals surface area contributed by atoms with E-state index in [-0.39, 0.29) is 11.3 Å². The molecular weight excluding hydrogens is 270 g/mol. The van der Waals surface area contributed by atoms with Gasteiger partial charge in [-0.1, -0.05) is 75.4 Å². The number of nitrogens with one attached hydrogen (secondary N) is 1. The normalized spacial score (nSPS) is 11.6. The van der Waals surface area contributed by atoms with Crippen molar-refractivity contribution in [2.75, 3.05) is 0 Å². The third kappa shape index (κ3) is 4.88. The van der Waals surface area contributed by atoms with Crippen LogP contribution < -0.4 is 5.32 Å². The van der Waals surface area contributed by atoms with E-state index in [0.29, 0.717) is 6.54 Å². The molecule has 0 saturated heterocycles. The minimum atomic E-state index is -0.0799. The first-order valence-electron chi connectivity index (χ1n) is 7.55. The SMILES string of the molecule is CC(C)(C)c1ccc(/C=C/C(=O)NCc2ccccc2)cc1. The van der Waals surface area contributed by atoms with Gasteiger partial charge in [-0.2, -0.15) is 0 Å². The first-order valence-corrected chi connectivity index (χ1v) is 7.55. The van der Waals surface area contributed by atoms with Crippen LogP contribution in [0.4, 0.5) is 0 Å². The Morgan fingerprint density at radius 1 is 1.00 bits per heavy atom. The molecule has 2 nitrogen and oxygen atoms in total. The second-order valence-corrected chi connectivity index (χ2v) is 6.41. The molecule has 0 aromatic heterocycles. The Bertz CT molecular complexity index is 634. The van der Waals surface area contributed by atoms with Gasteiger partial charge >= 0.3 is 0 Å². The van der Waals surface area contributed by atoms with Gasteiger partial charge < -0.3 is 5.32 Å². The molecule has 0 aliphatic heterocycles. The van der Waals surface area contributed by atoms with Gasteiger partial charge in [0.25, 0.3) is 0 Å². The molecule has 0 radical (unpaired) electrons. The Balaban J connectivity index is 1.90. The molecule has 0 bridgehead atoms. The van der Waals surface area contributed by atoms with Crippen LogP contribution in [-0.4, -0.2) is 5.91 Å². The van der Waals surface area contributed by atoms with Crippen molar-refractivity contribution in [3.05, 3.63) is 77.4 Å². The quantitative estimate of drug-likeness (QED) is 0.836. The lowest BCUT2D eigenvalue weighted by Gasteiger charge is -2.18. The molecule has 2 aromatic rings. The fourth-order valence-electron chi connectivity index (χ4n) is 2.11. The van der Waals surface area contributed by atoms with Gasteiger partial charge in [-0.25, -0.2) is 0 Å². The number of hydrogen-bond acceptors (Lipinski definition) is 1. The number of carbonyl (C=O) groups excluding carboxylic acids is 1. The summed E-state index contributed by atoms with van der Waals surface area (Å²) in [5.41, 5.74) is 3.56. The Labute approximate surface area is 132 Å². The van der Waals surface area contributed by atoms with Crippen LogP contribution in [0.25, 0.3) is 6.08 Å². The number of rotatable bonds is 4. The number of benzene rings is 2. The zero-order chi connectivity index (χ0) is 16.0. The molecule has 1 amide bonds. The summed E-state index contributed by atoms with van der Waals surface area (Å²) < 4.78 is 0. The second kappa shape index (κ2) is 7.08. The Kier molecular flexibility index (Phi) is 5.16. The summed E-state index contributed by atoms with van der Waals surface area (Å²) in [5.74, 6) is -0.0799. The Morgan fingerprint density at radius 2 is 1.64 bits per heavy atom. The molecule has 0 unspecified atom stereocenters. The van der Waals surface area contributed by atoms with Crippen molar-refractivity contribution in [3.8, 4) is 0 Å². The third-order valence-electron chi connectivity index (χ3n) is 3.51. The van der Waals surface area contributed by atoms with Gasteiger partial charge in [-0.05, 0) is 28.2 Å². The third-order valence-corrected chi connectivity index (χ3v) is 3.51. The maximum absolute atomic E-state index is 11.8. The maximum Gasteiger partial charge on any atom is 0.244 e. The maximum atomic E-state index is 11.8. The summed E-state index contributed by atoms with van der Waals surface area (Å²) in [6.45, 7) is 7.12. The molecule has 22 heavy (non-hydrogen) atoms. The lowest BCUT2D eigenvalue weighted by molar-refractivity contribution is -0.116. The highest BCUT2D eigenvalue weighted by atomic mass is 16.1. The van der Waals surface area contributed by atoms with E-state index in [1.165, 1.54) is 5.56 Å². The molecule has 114 valence electrons. The van der Waals surface area contributed by atoms with E-state index in [9.17, 15) is 4.79 Å². The van der Waals surface area contributed by atoms with E-state index in [4.69, 9.17) is 0 Å². The molecular formula is C20H23NO. The Morgan fingerprint density at radius 3 is 2.23 bits per heavy atom. The number of carbonyl (C=O) groups is 1. The fourth-order valence-corrected chi connectivity index (χ4v) is 2.11. The van der Waals surface area contributed by atoms with Gasteiger partial charge in [0.15, 0.2) is 0 Å². The zero-order valence-corrected chi connectivity index (χ0v) is 13.5.